The molecule has 0 unspecified atom stereocenters. The molecule has 2 nitrogen and oxygen atoms in total. The molecule has 4 heteroatoms. The second-order valence-corrected chi connectivity index (χ2v) is 6.97. The van der Waals surface area contributed by atoms with Crippen molar-refractivity contribution in [2.75, 3.05) is 0 Å². The normalized spacial score (nSPS) is 12.8. The average Bonchev–Trinajstić information content (AvgIpc) is 2.81. The van der Waals surface area contributed by atoms with E-state index >= 15 is 0 Å². The second-order valence-electron chi connectivity index (χ2n) is 5.11. The lowest BCUT2D eigenvalue weighted by Gasteiger charge is -2.04. The zero-order chi connectivity index (χ0) is 15.1. The van der Waals surface area contributed by atoms with Gasteiger partial charge in [0.25, 0.3) is 0 Å². The summed E-state index contributed by atoms with van der Waals surface area (Å²) in [6.45, 7) is 5.88. The Labute approximate surface area is 131 Å². The lowest BCUT2D eigenvalue weighted by Crippen LogP contribution is -1.94. The fourth-order valence-corrected chi connectivity index (χ4v) is 3.96. The molecule has 0 radical (unpaired) electrons. The van der Waals surface area contributed by atoms with Gasteiger partial charge in [0.05, 0.1) is 15.7 Å². The summed E-state index contributed by atoms with van der Waals surface area (Å²) >= 11 is 5.90. The van der Waals surface area contributed by atoms with Crippen LogP contribution >= 0.6 is 11.6 Å². The van der Waals surface area contributed by atoms with Crippen LogP contribution in [0.2, 0.25) is 5.02 Å². The van der Waals surface area contributed by atoms with E-state index < -0.39 is 10.8 Å². The highest BCUT2D eigenvalue weighted by molar-refractivity contribution is 7.85. The summed E-state index contributed by atoms with van der Waals surface area (Å²) in [6.07, 6.45) is 0. The summed E-state index contributed by atoms with van der Waals surface area (Å²) in [5, 5.41) is 1.59. The van der Waals surface area contributed by atoms with Gasteiger partial charge in [-0.15, -0.1) is 0 Å². The van der Waals surface area contributed by atoms with E-state index in [0.717, 1.165) is 31.9 Å². The van der Waals surface area contributed by atoms with Crippen LogP contribution in [-0.2, 0) is 10.8 Å². The van der Waals surface area contributed by atoms with Crippen molar-refractivity contribution in [1.82, 2.24) is 0 Å². The molecule has 0 N–H and O–H groups in total. The minimum Gasteiger partial charge on any atom is -0.460 e. The van der Waals surface area contributed by atoms with Gasteiger partial charge in [-0.25, -0.2) is 4.21 Å². The lowest BCUT2D eigenvalue weighted by atomic mass is 10.1. The molecule has 0 aliphatic carbocycles. The van der Waals surface area contributed by atoms with Crippen molar-refractivity contribution < 1.29 is 8.63 Å². The molecule has 108 valence electrons. The van der Waals surface area contributed by atoms with Gasteiger partial charge in [-0.1, -0.05) is 23.7 Å². The smallest absolute Gasteiger partial charge is 0.138 e. The molecule has 2 aromatic carbocycles. The van der Waals surface area contributed by atoms with Crippen LogP contribution in [0.15, 0.2) is 50.6 Å². The Morgan fingerprint density at radius 3 is 2.24 bits per heavy atom. The first-order chi connectivity index (χ1) is 9.99. The Balaban J connectivity index is 2.25. The monoisotopic (exact) mass is 318 g/mol. The highest BCUT2D eigenvalue weighted by atomic mass is 35.5. The predicted molar refractivity (Wildman–Crippen MR) is 86.6 cm³/mol. The molecule has 1 atom stereocenters. The van der Waals surface area contributed by atoms with E-state index in [1.807, 2.05) is 32.9 Å². The number of rotatable bonds is 2. The Morgan fingerprint density at radius 1 is 0.952 bits per heavy atom. The number of benzene rings is 2. The molecule has 0 fully saturated rings. The third-order valence-electron chi connectivity index (χ3n) is 3.58. The van der Waals surface area contributed by atoms with Gasteiger partial charge in [-0.05, 0) is 56.2 Å². The van der Waals surface area contributed by atoms with E-state index in [0.29, 0.717) is 10.8 Å². The fraction of sp³-hybridized carbons (Fsp3) is 0.176. The minimum atomic E-state index is -1.28. The molecule has 0 bridgehead atoms. The third-order valence-corrected chi connectivity index (χ3v) is 5.39. The summed E-state index contributed by atoms with van der Waals surface area (Å²) in [4.78, 5) is 1.49. The zero-order valence-corrected chi connectivity index (χ0v) is 13.6. The quantitative estimate of drug-likeness (QED) is 0.652. The van der Waals surface area contributed by atoms with E-state index in [2.05, 4.69) is 0 Å². The summed E-state index contributed by atoms with van der Waals surface area (Å²) < 4.78 is 18.8. The highest BCUT2D eigenvalue weighted by Crippen LogP contribution is 2.35. The van der Waals surface area contributed by atoms with Crippen molar-refractivity contribution in [3.8, 4) is 0 Å². The summed E-state index contributed by atoms with van der Waals surface area (Å²) in [7, 11) is -1.28. The molecule has 21 heavy (non-hydrogen) atoms. The van der Waals surface area contributed by atoms with Gasteiger partial charge in [0.1, 0.15) is 11.3 Å². The first-order valence-corrected chi connectivity index (χ1v) is 8.18. The average molecular weight is 319 g/mol. The van der Waals surface area contributed by atoms with Gasteiger partial charge in [-0.2, -0.15) is 0 Å². The maximum Gasteiger partial charge on any atom is 0.138 e. The summed E-state index contributed by atoms with van der Waals surface area (Å²) in [5.74, 6) is 0.704. The van der Waals surface area contributed by atoms with Gasteiger partial charge in [0.15, 0.2) is 0 Å². The zero-order valence-electron chi connectivity index (χ0n) is 12.1. The van der Waals surface area contributed by atoms with Crippen LogP contribution in [0, 0.1) is 20.8 Å². The van der Waals surface area contributed by atoms with Crippen molar-refractivity contribution in [3.05, 3.63) is 58.3 Å². The van der Waals surface area contributed by atoms with Crippen molar-refractivity contribution in [2.45, 2.75) is 30.6 Å². The van der Waals surface area contributed by atoms with Crippen molar-refractivity contribution in [2.24, 2.45) is 0 Å². The Bertz CT molecular complexity index is 847. The van der Waals surface area contributed by atoms with E-state index in [1.165, 1.54) is 0 Å². The SMILES string of the molecule is Cc1oc2c(C)ccc(C)c2c1[S@](=O)c1ccc(Cl)cc1. The molecule has 0 spiro atoms. The molecular weight excluding hydrogens is 304 g/mol. The Hall–Kier alpha value is -1.58. The van der Waals surface area contributed by atoms with Crippen molar-refractivity contribution in [1.29, 1.82) is 0 Å². The molecule has 0 saturated carbocycles. The fourth-order valence-electron chi connectivity index (χ4n) is 2.47. The van der Waals surface area contributed by atoms with Crippen LogP contribution in [0.4, 0.5) is 0 Å². The topological polar surface area (TPSA) is 30.2 Å². The minimum absolute atomic E-state index is 0.636. The standard InChI is InChI=1S/C17H15ClO2S/c1-10-4-5-11(2)16-15(10)17(12(3)20-16)21(19)14-8-6-13(18)7-9-14/h4-9H,1-3H3/t21-/m1/s1. The molecule has 0 amide bonds. The van der Waals surface area contributed by atoms with Crippen LogP contribution in [0.3, 0.4) is 0 Å². The summed E-state index contributed by atoms with van der Waals surface area (Å²) in [6, 6.07) is 11.2. The molecule has 0 saturated heterocycles. The van der Waals surface area contributed by atoms with Crippen LogP contribution in [0.5, 0.6) is 0 Å². The summed E-state index contributed by atoms with van der Waals surface area (Å²) in [5.41, 5.74) is 2.95. The van der Waals surface area contributed by atoms with Gasteiger partial charge < -0.3 is 4.42 Å². The number of halogens is 1. The molecule has 3 aromatic rings. The van der Waals surface area contributed by atoms with Crippen LogP contribution in [0.1, 0.15) is 16.9 Å². The number of hydrogen-bond donors (Lipinski definition) is 0. The van der Waals surface area contributed by atoms with Crippen molar-refractivity contribution >= 4 is 33.4 Å². The second kappa shape index (κ2) is 5.32. The Morgan fingerprint density at radius 2 is 1.57 bits per heavy atom. The first-order valence-electron chi connectivity index (χ1n) is 6.65. The Kier molecular flexibility index (Phi) is 3.64. The highest BCUT2D eigenvalue weighted by Gasteiger charge is 2.21. The first kappa shape index (κ1) is 14.4. The van der Waals surface area contributed by atoms with Crippen molar-refractivity contribution in [3.63, 3.8) is 0 Å². The van der Waals surface area contributed by atoms with Crippen LogP contribution in [0.25, 0.3) is 11.0 Å². The van der Waals surface area contributed by atoms with Gasteiger partial charge in [-0.3, -0.25) is 0 Å². The van der Waals surface area contributed by atoms with Crippen LogP contribution in [-0.4, -0.2) is 4.21 Å². The van der Waals surface area contributed by atoms with E-state index in [1.54, 1.807) is 24.3 Å². The van der Waals surface area contributed by atoms with E-state index in [-0.39, 0.29) is 0 Å². The molecule has 1 aromatic heterocycles. The molecule has 0 aliphatic heterocycles. The van der Waals surface area contributed by atoms with Gasteiger partial charge in [0, 0.05) is 15.3 Å². The molecule has 1 heterocycles. The number of fused-ring (bicyclic) bond motifs is 1. The number of hydrogen-bond acceptors (Lipinski definition) is 2. The molecule has 0 aliphatic rings. The lowest BCUT2D eigenvalue weighted by molar-refractivity contribution is 0.564. The molecule has 3 rings (SSSR count). The number of aryl methyl sites for hydroxylation is 3. The molecular formula is C17H15ClO2S. The van der Waals surface area contributed by atoms with E-state index in [4.69, 9.17) is 16.0 Å². The number of furan rings is 1. The van der Waals surface area contributed by atoms with Crippen LogP contribution < -0.4 is 0 Å². The van der Waals surface area contributed by atoms with Gasteiger partial charge >= 0.3 is 0 Å². The van der Waals surface area contributed by atoms with Gasteiger partial charge in [0.2, 0.25) is 0 Å². The predicted octanol–water partition coefficient (Wildman–Crippen LogP) is 5.18. The maximum absolute atomic E-state index is 12.9. The third kappa shape index (κ3) is 2.41. The largest absolute Gasteiger partial charge is 0.460 e. The maximum atomic E-state index is 12.9. The van der Waals surface area contributed by atoms with E-state index in [9.17, 15) is 4.21 Å².